The zero-order valence-electron chi connectivity index (χ0n) is 11.1. The molecule has 1 aromatic heterocycles. The normalized spacial score (nSPS) is 10.8. The molecule has 0 atom stereocenters. The van der Waals surface area contributed by atoms with E-state index in [4.69, 9.17) is 5.26 Å². The lowest BCUT2D eigenvalue weighted by Gasteiger charge is -2.19. The van der Waals surface area contributed by atoms with Crippen molar-refractivity contribution in [2.75, 3.05) is 11.4 Å². The fourth-order valence-corrected chi connectivity index (χ4v) is 3.05. The van der Waals surface area contributed by atoms with Gasteiger partial charge in [-0.05, 0) is 42.8 Å². The maximum atomic E-state index is 12.5. The van der Waals surface area contributed by atoms with E-state index in [2.05, 4.69) is 4.98 Å². The fourth-order valence-electron chi connectivity index (χ4n) is 1.77. The predicted molar refractivity (Wildman–Crippen MR) is 75.7 cm³/mol. The summed E-state index contributed by atoms with van der Waals surface area (Å²) in [4.78, 5) is 4.02. The minimum absolute atomic E-state index is 0.160. The van der Waals surface area contributed by atoms with Gasteiger partial charge in [-0.3, -0.25) is 9.29 Å². The molecule has 0 amide bonds. The Balaban J connectivity index is 2.46. The Bertz CT molecular complexity index is 765. The van der Waals surface area contributed by atoms with Crippen LogP contribution in [0.25, 0.3) is 0 Å². The van der Waals surface area contributed by atoms with Crippen molar-refractivity contribution in [1.29, 1.82) is 5.26 Å². The molecule has 102 valence electrons. The molecule has 1 heterocycles. The van der Waals surface area contributed by atoms with Crippen molar-refractivity contribution in [1.82, 2.24) is 4.98 Å². The Morgan fingerprint density at radius 3 is 2.40 bits per heavy atom. The lowest BCUT2D eigenvalue weighted by atomic mass is 10.1. The number of pyridine rings is 1. The zero-order chi connectivity index (χ0) is 14.8. The number of nitriles is 1. The number of benzene rings is 1. The van der Waals surface area contributed by atoms with Crippen molar-refractivity contribution in [3.8, 4) is 6.07 Å². The van der Waals surface area contributed by atoms with Crippen LogP contribution in [0.5, 0.6) is 0 Å². The maximum absolute atomic E-state index is 12.5. The summed E-state index contributed by atoms with van der Waals surface area (Å²) in [5.41, 5.74) is 1.63. The third kappa shape index (κ3) is 2.49. The third-order valence-corrected chi connectivity index (χ3v) is 4.78. The van der Waals surface area contributed by atoms with E-state index in [9.17, 15) is 8.42 Å². The van der Waals surface area contributed by atoms with Gasteiger partial charge in [0.1, 0.15) is 0 Å². The molecule has 0 unspecified atom stereocenters. The summed E-state index contributed by atoms with van der Waals surface area (Å²) in [6.45, 7) is 1.71. The summed E-state index contributed by atoms with van der Waals surface area (Å²) in [6.07, 6.45) is 3.07. The molecule has 0 bridgehead atoms. The van der Waals surface area contributed by atoms with Gasteiger partial charge in [0.25, 0.3) is 10.0 Å². The van der Waals surface area contributed by atoms with E-state index >= 15 is 0 Å². The maximum Gasteiger partial charge on any atom is 0.264 e. The van der Waals surface area contributed by atoms with Crippen LogP contribution in [0, 0.1) is 18.3 Å². The first-order chi connectivity index (χ1) is 9.46. The molecule has 0 aliphatic heterocycles. The molecule has 6 heteroatoms. The number of hydrogen-bond acceptors (Lipinski definition) is 4. The van der Waals surface area contributed by atoms with Crippen LogP contribution in [-0.4, -0.2) is 20.4 Å². The van der Waals surface area contributed by atoms with Crippen LogP contribution >= 0.6 is 0 Å². The minimum atomic E-state index is -3.64. The number of aromatic nitrogens is 1. The quantitative estimate of drug-likeness (QED) is 0.866. The predicted octanol–water partition coefficient (Wildman–Crippen LogP) is 2.09. The number of sulfonamides is 1. The van der Waals surface area contributed by atoms with Crippen LogP contribution in [0.3, 0.4) is 0 Å². The van der Waals surface area contributed by atoms with E-state index in [1.165, 1.54) is 41.9 Å². The van der Waals surface area contributed by atoms with Gasteiger partial charge in [0, 0.05) is 19.4 Å². The van der Waals surface area contributed by atoms with Gasteiger partial charge in [-0.2, -0.15) is 5.26 Å². The van der Waals surface area contributed by atoms with Crippen molar-refractivity contribution in [3.05, 3.63) is 53.9 Å². The number of aryl methyl sites for hydroxylation is 1. The van der Waals surface area contributed by atoms with Crippen LogP contribution in [0.4, 0.5) is 5.69 Å². The molecule has 0 fully saturated rings. The van der Waals surface area contributed by atoms with E-state index < -0.39 is 10.0 Å². The Morgan fingerprint density at radius 1 is 1.20 bits per heavy atom. The number of hydrogen-bond donors (Lipinski definition) is 0. The average Bonchev–Trinajstić information content (AvgIpc) is 2.47. The number of anilines is 1. The average molecular weight is 287 g/mol. The van der Waals surface area contributed by atoms with Gasteiger partial charge in [-0.1, -0.05) is 0 Å². The molecule has 2 aromatic rings. The van der Waals surface area contributed by atoms with Crippen LogP contribution in [-0.2, 0) is 10.0 Å². The molecule has 2 rings (SSSR count). The summed E-state index contributed by atoms with van der Waals surface area (Å²) >= 11 is 0. The first-order valence-electron chi connectivity index (χ1n) is 5.86. The highest BCUT2D eigenvalue weighted by Gasteiger charge is 2.21. The minimum Gasteiger partial charge on any atom is -0.269 e. The first kappa shape index (κ1) is 14.0. The van der Waals surface area contributed by atoms with Gasteiger partial charge in [0.2, 0.25) is 0 Å². The molecule has 20 heavy (non-hydrogen) atoms. The second kappa shape index (κ2) is 5.31. The molecule has 0 aliphatic rings. The van der Waals surface area contributed by atoms with E-state index in [0.717, 1.165) is 0 Å². The molecule has 0 radical (unpaired) electrons. The summed E-state index contributed by atoms with van der Waals surface area (Å²) < 4.78 is 26.2. The van der Waals surface area contributed by atoms with Gasteiger partial charge in [-0.15, -0.1) is 0 Å². The van der Waals surface area contributed by atoms with E-state index in [0.29, 0.717) is 16.8 Å². The SMILES string of the molecule is Cc1cc(S(=O)(=O)N(C)c2ccncc2)ccc1C#N. The Labute approximate surface area is 118 Å². The number of nitrogens with zero attached hydrogens (tertiary/aromatic N) is 3. The Kier molecular flexibility index (Phi) is 3.72. The standard InChI is InChI=1S/C14H13N3O2S/c1-11-9-14(4-3-12(11)10-15)20(18,19)17(2)13-5-7-16-8-6-13/h3-9H,1-2H3. The van der Waals surface area contributed by atoms with Crippen LogP contribution in [0.1, 0.15) is 11.1 Å². The summed E-state index contributed by atoms with van der Waals surface area (Å²) in [6, 6.07) is 9.72. The molecular weight excluding hydrogens is 274 g/mol. The van der Waals surface area contributed by atoms with E-state index in [1.54, 1.807) is 19.1 Å². The Morgan fingerprint density at radius 2 is 1.85 bits per heavy atom. The molecule has 0 saturated heterocycles. The van der Waals surface area contributed by atoms with Crippen LogP contribution in [0.15, 0.2) is 47.6 Å². The molecule has 0 saturated carbocycles. The molecule has 5 nitrogen and oxygen atoms in total. The topological polar surface area (TPSA) is 74.1 Å². The molecule has 1 aromatic carbocycles. The summed E-state index contributed by atoms with van der Waals surface area (Å²) in [7, 11) is -2.16. The van der Waals surface area contributed by atoms with Crippen LogP contribution in [0.2, 0.25) is 0 Å². The highest BCUT2D eigenvalue weighted by molar-refractivity contribution is 7.92. The van der Waals surface area contributed by atoms with Crippen molar-refractivity contribution in [2.24, 2.45) is 0 Å². The molecular formula is C14H13N3O2S. The van der Waals surface area contributed by atoms with E-state index in [-0.39, 0.29) is 4.90 Å². The highest BCUT2D eigenvalue weighted by atomic mass is 32.2. The van der Waals surface area contributed by atoms with Gasteiger partial charge < -0.3 is 0 Å². The Hall–Kier alpha value is -2.39. The fraction of sp³-hybridized carbons (Fsp3) is 0.143. The summed E-state index contributed by atoms with van der Waals surface area (Å²) in [5, 5.41) is 8.88. The number of rotatable bonds is 3. The first-order valence-corrected chi connectivity index (χ1v) is 7.30. The molecule has 0 spiro atoms. The molecule has 0 N–H and O–H groups in total. The van der Waals surface area contributed by atoms with Crippen molar-refractivity contribution < 1.29 is 8.42 Å². The largest absolute Gasteiger partial charge is 0.269 e. The molecule has 0 aliphatic carbocycles. The van der Waals surface area contributed by atoms with Gasteiger partial charge in [-0.25, -0.2) is 8.42 Å². The monoisotopic (exact) mass is 287 g/mol. The zero-order valence-corrected chi connectivity index (χ0v) is 11.9. The van der Waals surface area contributed by atoms with Gasteiger partial charge in [0.05, 0.1) is 22.2 Å². The van der Waals surface area contributed by atoms with Crippen molar-refractivity contribution in [3.63, 3.8) is 0 Å². The van der Waals surface area contributed by atoms with Crippen LogP contribution < -0.4 is 4.31 Å². The lowest BCUT2D eigenvalue weighted by Crippen LogP contribution is -2.26. The van der Waals surface area contributed by atoms with Gasteiger partial charge in [0.15, 0.2) is 0 Å². The summed E-state index contributed by atoms with van der Waals surface area (Å²) in [5.74, 6) is 0. The highest BCUT2D eigenvalue weighted by Crippen LogP contribution is 2.22. The van der Waals surface area contributed by atoms with Crippen molar-refractivity contribution >= 4 is 15.7 Å². The van der Waals surface area contributed by atoms with Gasteiger partial charge >= 0.3 is 0 Å². The smallest absolute Gasteiger partial charge is 0.264 e. The van der Waals surface area contributed by atoms with Crippen molar-refractivity contribution in [2.45, 2.75) is 11.8 Å². The second-order valence-corrected chi connectivity index (χ2v) is 6.24. The lowest BCUT2D eigenvalue weighted by molar-refractivity contribution is 0.594. The van der Waals surface area contributed by atoms with E-state index in [1.807, 2.05) is 6.07 Å². The third-order valence-electron chi connectivity index (χ3n) is 3.00. The second-order valence-electron chi connectivity index (χ2n) is 4.27.